The average molecular weight is 277 g/mol. The predicted octanol–water partition coefficient (Wildman–Crippen LogP) is 1.94. The molecule has 0 fully saturated rings. The van der Waals surface area contributed by atoms with Gasteiger partial charge in [-0.05, 0) is 30.2 Å². The van der Waals surface area contributed by atoms with Crippen molar-refractivity contribution in [1.82, 2.24) is 5.32 Å². The highest BCUT2D eigenvalue weighted by Crippen LogP contribution is 2.13. The van der Waals surface area contributed by atoms with Gasteiger partial charge >= 0.3 is 5.97 Å². The second-order valence-corrected chi connectivity index (χ2v) is 4.30. The maximum Gasteiger partial charge on any atom is 0.308 e. The lowest BCUT2D eigenvalue weighted by Crippen LogP contribution is -2.31. The van der Waals surface area contributed by atoms with Gasteiger partial charge in [0.05, 0.1) is 13.0 Å². The Balaban J connectivity index is 2.52. The number of methoxy groups -OCH3 is 1. The zero-order valence-corrected chi connectivity index (χ0v) is 11.6. The topological polar surface area (TPSA) is 75.6 Å². The van der Waals surface area contributed by atoms with Gasteiger partial charge in [-0.1, -0.05) is 19.1 Å². The number of rotatable bonds is 7. The molecule has 0 aromatic heterocycles. The van der Waals surface area contributed by atoms with E-state index in [4.69, 9.17) is 9.84 Å². The predicted molar refractivity (Wildman–Crippen MR) is 76.5 cm³/mol. The minimum Gasteiger partial charge on any atom is -0.497 e. The van der Waals surface area contributed by atoms with Crippen molar-refractivity contribution >= 4 is 18.0 Å². The van der Waals surface area contributed by atoms with E-state index in [1.165, 1.54) is 6.08 Å². The number of ether oxygens (including phenoxy) is 1. The zero-order valence-electron chi connectivity index (χ0n) is 11.6. The SMILES string of the molecule is CCC(CNC(=O)C=Cc1cccc(OC)c1)C(=O)O. The van der Waals surface area contributed by atoms with E-state index >= 15 is 0 Å². The number of carbonyl (C=O) groups is 2. The van der Waals surface area contributed by atoms with E-state index in [1.54, 1.807) is 26.2 Å². The first kappa shape index (κ1) is 15.8. The van der Waals surface area contributed by atoms with Crippen LogP contribution in [-0.2, 0) is 9.59 Å². The van der Waals surface area contributed by atoms with Crippen molar-refractivity contribution < 1.29 is 19.4 Å². The fraction of sp³-hybridized carbons (Fsp3) is 0.333. The van der Waals surface area contributed by atoms with E-state index in [9.17, 15) is 9.59 Å². The molecule has 5 heteroatoms. The van der Waals surface area contributed by atoms with Gasteiger partial charge < -0.3 is 15.2 Å². The zero-order chi connectivity index (χ0) is 15.0. The number of benzene rings is 1. The summed E-state index contributed by atoms with van der Waals surface area (Å²) in [5.41, 5.74) is 0.838. The van der Waals surface area contributed by atoms with Gasteiger partial charge in [-0.2, -0.15) is 0 Å². The molecule has 1 aromatic rings. The molecule has 1 aromatic carbocycles. The third kappa shape index (κ3) is 5.14. The number of nitrogens with one attached hydrogen (secondary N) is 1. The molecule has 0 heterocycles. The van der Waals surface area contributed by atoms with Crippen LogP contribution in [0.25, 0.3) is 6.08 Å². The summed E-state index contributed by atoms with van der Waals surface area (Å²) in [4.78, 5) is 22.4. The van der Waals surface area contributed by atoms with Gasteiger partial charge in [-0.3, -0.25) is 9.59 Å². The number of hydrogen-bond donors (Lipinski definition) is 2. The molecule has 20 heavy (non-hydrogen) atoms. The summed E-state index contributed by atoms with van der Waals surface area (Å²) >= 11 is 0. The number of amides is 1. The Bertz CT molecular complexity index is 496. The Morgan fingerprint density at radius 1 is 1.45 bits per heavy atom. The van der Waals surface area contributed by atoms with Gasteiger partial charge in [0.1, 0.15) is 5.75 Å². The lowest BCUT2D eigenvalue weighted by molar-refractivity contribution is -0.141. The quantitative estimate of drug-likeness (QED) is 0.747. The first-order chi connectivity index (χ1) is 9.56. The molecule has 0 saturated heterocycles. The fourth-order valence-electron chi connectivity index (χ4n) is 1.61. The van der Waals surface area contributed by atoms with Gasteiger partial charge in [-0.15, -0.1) is 0 Å². The van der Waals surface area contributed by atoms with Gasteiger partial charge in [0.2, 0.25) is 5.91 Å². The Labute approximate surface area is 118 Å². The molecular formula is C15H19NO4. The summed E-state index contributed by atoms with van der Waals surface area (Å²) in [6.45, 7) is 1.91. The van der Waals surface area contributed by atoms with Crippen LogP contribution < -0.4 is 10.1 Å². The van der Waals surface area contributed by atoms with Crippen LogP contribution in [0.4, 0.5) is 0 Å². The molecule has 0 spiro atoms. The Morgan fingerprint density at radius 3 is 2.80 bits per heavy atom. The highest BCUT2D eigenvalue weighted by molar-refractivity contribution is 5.92. The molecule has 1 rings (SSSR count). The van der Waals surface area contributed by atoms with Crippen molar-refractivity contribution in [2.45, 2.75) is 13.3 Å². The maximum absolute atomic E-state index is 11.6. The summed E-state index contributed by atoms with van der Waals surface area (Å²) in [5, 5.41) is 11.4. The van der Waals surface area contributed by atoms with Crippen LogP contribution >= 0.6 is 0 Å². The molecule has 0 radical (unpaired) electrons. The molecule has 5 nitrogen and oxygen atoms in total. The van der Waals surface area contributed by atoms with Crippen LogP contribution in [0.2, 0.25) is 0 Å². The lowest BCUT2D eigenvalue weighted by atomic mass is 10.1. The number of carboxylic acids is 1. The Kier molecular flexibility index (Phi) is 6.29. The van der Waals surface area contributed by atoms with Crippen molar-refractivity contribution in [1.29, 1.82) is 0 Å². The van der Waals surface area contributed by atoms with Crippen LogP contribution in [0, 0.1) is 5.92 Å². The van der Waals surface area contributed by atoms with Crippen LogP contribution in [0.3, 0.4) is 0 Å². The van der Waals surface area contributed by atoms with Crippen LogP contribution in [0.5, 0.6) is 5.75 Å². The lowest BCUT2D eigenvalue weighted by Gasteiger charge is -2.09. The third-order valence-electron chi connectivity index (χ3n) is 2.89. The van der Waals surface area contributed by atoms with Crippen LogP contribution in [-0.4, -0.2) is 30.6 Å². The number of hydrogen-bond acceptors (Lipinski definition) is 3. The van der Waals surface area contributed by atoms with Crippen molar-refractivity contribution in [2.75, 3.05) is 13.7 Å². The summed E-state index contributed by atoms with van der Waals surface area (Å²) < 4.78 is 5.08. The Morgan fingerprint density at radius 2 is 2.20 bits per heavy atom. The molecule has 1 atom stereocenters. The van der Waals surface area contributed by atoms with Crippen molar-refractivity contribution in [2.24, 2.45) is 5.92 Å². The van der Waals surface area contributed by atoms with E-state index in [0.717, 1.165) is 5.56 Å². The second-order valence-electron chi connectivity index (χ2n) is 4.30. The fourth-order valence-corrected chi connectivity index (χ4v) is 1.61. The standard InChI is InChI=1S/C15H19NO4/c1-3-12(15(18)19)10-16-14(17)8-7-11-5-4-6-13(9-11)20-2/h4-9,12H,3,10H2,1-2H3,(H,16,17)(H,18,19). The Hall–Kier alpha value is -2.30. The number of carbonyl (C=O) groups excluding carboxylic acids is 1. The van der Waals surface area contributed by atoms with Crippen molar-refractivity contribution in [3.8, 4) is 5.75 Å². The van der Waals surface area contributed by atoms with E-state index in [1.807, 2.05) is 18.2 Å². The van der Waals surface area contributed by atoms with Crippen molar-refractivity contribution in [3.63, 3.8) is 0 Å². The van der Waals surface area contributed by atoms with Crippen LogP contribution in [0.1, 0.15) is 18.9 Å². The van der Waals surface area contributed by atoms with Crippen molar-refractivity contribution in [3.05, 3.63) is 35.9 Å². The minimum atomic E-state index is -0.899. The number of carboxylic acid groups (broad SMARTS) is 1. The van der Waals surface area contributed by atoms with E-state index in [2.05, 4.69) is 5.32 Å². The summed E-state index contributed by atoms with van der Waals surface area (Å²) in [7, 11) is 1.58. The first-order valence-electron chi connectivity index (χ1n) is 6.39. The maximum atomic E-state index is 11.6. The highest BCUT2D eigenvalue weighted by Gasteiger charge is 2.14. The molecule has 0 bridgehead atoms. The average Bonchev–Trinajstić information content (AvgIpc) is 2.45. The van der Waals surface area contributed by atoms with Gasteiger partial charge in [0.25, 0.3) is 0 Å². The molecule has 0 aliphatic carbocycles. The molecule has 1 amide bonds. The van der Waals surface area contributed by atoms with E-state index in [-0.39, 0.29) is 12.5 Å². The monoisotopic (exact) mass is 277 g/mol. The second kappa shape index (κ2) is 7.99. The van der Waals surface area contributed by atoms with Gasteiger partial charge in [-0.25, -0.2) is 0 Å². The summed E-state index contributed by atoms with van der Waals surface area (Å²) in [5.74, 6) is -1.05. The normalized spacial score (nSPS) is 12.1. The smallest absolute Gasteiger partial charge is 0.308 e. The molecule has 0 saturated carbocycles. The van der Waals surface area contributed by atoms with E-state index in [0.29, 0.717) is 12.2 Å². The minimum absolute atomic E-state index is 0.132. The molecule has 2 N–H and O–H groups in total. The highest BCUT2D eigenvalue weighted by atomic mass is 16.5. The van der Waals surface area contributed by atoms with Gasteiger partial charge in [0.15, 0.2) is 0 Å². The molecule has 0 aliphatic heterocycles. The first-order valence-corrected chi connectivity index (χ1v) is 6.39. The molecule has 0 aliphatic rings. The molecular weight excluding hydrogens is 258 g/mol. The largest absolute Gasteiger partial charge is 0.497 e. The van der Waals surface area contributed by atoms with Gasteiger partial charge in [0, 0.05) is 12.6 Å². The molecule has 108 valence electrons. The van der Waals surface area contributed by atoms with Crippen LogP contribution in [0.15, 0.2) is 30.3 Å². The third-order valence-corrected chi connectivity index (χ3v) is 2.89. The van der Waals surface area contributed by atoms with E-state index < -0.39 is 11.9 Å². The molecule has 1 unspecified atom stereocenters. The summed E-state index contributed by atoms with van der Waals surface area (Å²) in [6.07, 6.45) is 3.51. The summed E-state index contributed by atoms with van der Waals surface area (Å²) in [6, 6.07) is 7.29. The number of aliphatic carboxylic acids is 1.